The van der Waals surface area contributed by atoms with Gasteiger partial charge in [-0.05, 0) is 19.1 Å². The minimum atomic E-state index is -0.463. The van der Waals surface area contributed by atoms with E-state index < -0.39 is 5.97 Å². The fraction of sp³-hybridized carbons (Fsp3) is 0.357. The fourth-order valence-corrected chi connectivity index (χ4v) is 1.21. The molecule has 0 radical (unpaired) electrons. The van der Waals surface area contributed by atoms with E-state index >= 15 is 0 Å². The molecule has 0 fully saturated rings. The van der Waals surface area contributed by atoms with Gasteiger partial charge in [-0.15, -0.1) is 0 Å². The number of carbonyl (C=O) groups is 1. The zero-order chi connectivity index (χ0) is 13.9. The van der Waals surface area contributed by atoms with Crippen molar-refractivity contribution in [3.63, 3.8) is 0 Å². The minimum absolute atomic E-state index is 0.0935. The van der Waals surface area contributed by atoms with E-state index in [1.165, 1.54) is 6.26 Å². The molecule has 1 N–H and O–H groups in total. The minimum Gasteiger partial charge on any atom is -0.498 e. The second-order valence-electron chi connectivity index (χ2n) is 3.69. The topological polar surface area (TPSA) is 65.0 Å². The van der Waals surface area contributed by atoms with Crippen molar-refractivity contribution in [2.75, 3.05) is 26.4 Å². The van der Waals surface area contributed by atoms with Gasteiger partial charge in [0.25, 0.3) is 0 Å². The van der Waals surface area contributed by atoms with Gasteiger partial charge in [0.2, 0.25) is 0 Å². The predicted octanol–water partition coefficient (Wildman–Crippen LogP) is 1.52. The van der Waals surface area contributed by atoms with Gasteiger partial charge in [0, 0.05) is 0 Å². The van der Waals surface area contributed by atoms with Gasteiger partial charge in [0.05, 0.1) is 18.4 Å². The first-order chi connectivity index (χ1) is 9.24. The van der Waals surface area contributed by atoms with Crippen LogP contribution < -0.4 is 4.74 Å². The van der Waals surface area contributed by atoms with Gasteiger partial charge in [-0.25, -0.2) is 4.79 Å². The van der Waals surface area contributed by atoms with Crippen molar-refractivity contribution in [2.45, 2.75) is 6.92 Å². The van der Waals surface area contributed by atoms with Crippen LogP contribution in [0.2, 0.25) is 0 Å². The summed E-state index contributed by atoms with van der Waals surface area (Å²) in [5, 5.41) is 8.51. The Hall–Kier alpha value is -2.01. The molecule has 0 saturated carbocycles. The van der Waals surface area contributed by atoms with Gasteiger partial charge >= 0.3 is 5.97 Å². The first-order valence-corrected chi connectivity index (χ1v) is 5.98. The first-order valence-electron chi connectivity index (χ1n) is 5.98. The van der Waals surface area contributed by atoms with Gasteiger partial charge in [0.1, 0.15) is 25.6 Å². The average molecular weight is 266 g/mol. The van der Waals surface area contributed by atoms with E-state index in [-0.39, 0.29) is 19.8 Å². The van der Waals surface area contributed by atoms with E-state index in [1.807, 2.05) is 30.3 Å². The van der Waals surface area contributed by atoms with E-state index in [2.05, 4.69) is 0 Å². The SMILES string of the molecule is CC(=COCCO)C(=O)OCCOc1ccccc1. The maximum Gasteiger partial charge on any atom is 0.336 e. The molecule has 5 nitrogen and oxygen atoms in total. The Morgan fingerprint density at radius 3 is 2.63 bits per heavy atom. The van der Waals surface area contributed by atoms with Gasteiger partial charge in [-0.1, -0.05) is 18.2 Å². The van der Waals surface area contributed by atoms with Crippen LogP contribution in [0.15, 0.2) is 42.2 Å². The monoisotopic (exact) mass is 266 g/mol. The summed E-state index contributed by atoms with van der Waals surface area (Å²) in [5.74, 6) is 0.270. The van der Waals surface area contributed by atoms with Crippen molar-refractivity contribution in [1.82, 2.24) is 0 Å². The zero-order valence-electron chi connectivity index (χ0n) is 10.9. The van der Waals surface area contributed by atoms with Crippen LogP contribution in [0.25, 0.3) is 0 Å². The number of hydrogen-bond acceptors (Lipinski definition) is 5. The molecule has 5 heteroatoms. The molecule has 1 aromatic rings. The summed E-state index contributed by atoms with van der Waals surface area (Å²) in [7, 11) is 0. The molecule has 0 bridgehead atoms. The third-order valence-electron chi connectivity index (χ3n) is 2.12. The summed E-state index contributed by atoms with van der Waals surface area (Å²) in [4.78, 5) is 11.5. The van der Waals surface area contributed by atoms with Crippen LogP contribution in [0.5, 0.6) is 5.75 Å². The highest BCUT2D eigenvalue weighted by atomic mass is 16.6. The molecular formula is C14H18O5. The summed E-state index contributed by atoms with van der Waals surface area (Å²) >= 11 is 0. The van der Waals surface area contributed by atoms with Crippen molar-refractivity contribution in [2.24, 2.45) is 0 Å². The molecule has 0 heterocycles. The van der Waals surface area contributed by atoms with Crippen LogP contribution >= 0.6 is 0 Å². The Morgan fingerprint density at radius 2 is 1.95 bits per heavy atom. The quantitative estimate of drug-likeness (QED) is 0.334. The Morgan fingerprint density at radius 1 is 1.21 bits per heavy atom. The molecule has 0 aliphatic carbocycles. The number of benzene rings is 1. The van der Waals surface area contributed by atoms with Crippen molar-refractivity contribution in [3.8, 4) is 5.75 Å². The van der Waals surface area contributed by atoms with Gasteiger partial charge in [-0.2, -0.15) is 0 Å². The van der Waals surface area contributed by atoms with E-state index in [0.29, 0.717) is 12.2 Å². The Balaban J connectivity index is 2.18. The molecule has 0 aliphatic rings. The van der Waals surface area contributed by atoms with Crippen molar-refractivity contribution < 1.29 is 24.1 Å². The Labute approximate surface area is 112 Å². The maximum absolute atomic E-state index is 11.5. The molecule has 0 aliphatic heterocycles. The summed E-state index contributed by atoms with van der Waals surface area (Å²) in [5.41, 5.74) is 0.341. The van der Waals surface area contributed by atoms with Crippen molar-refractivity contribution in [1.29, 1.82) is 0 Å². The van der Waals surface area contributed by atoms with E-state index in [9.17, 15) is 4.79 Å². The highest BCUT2D eigenvalue weighted by Gasteiger charge is 2.05. The summed E-state index contributed by atoms with van der Waals surface area (Å²) in [6, 6.07) is 9.29. The van der Waals surface area contributed by atoms with Crippen LogP contribution in [0.3, 0.4) is 0 Å². The van der Waals surface area contributed by atoms with Crippen LogP contribution in [0, 0.1) is 0 Å². The molecule has 0 spiro atoms. The van der Waals surface area contributed by atoms with Gasteiger partial charge in [-0.3, -0.25) is 0 Å². The summed E-state index contributed by atoms with van der Waals surface area (Å²) < 4.78 is 15.3. The lowest BCUT2D eigenvalue weighted by Crippen LogP contribution is -2.13. The lowest BCUT2D eigenvalue weighted by molar-refractivity contribution is -0.139. The number of aliphatic hydroxyl groups is 1. The highest BCUT2D eigenvalue weighted by molar-refractivity contribution is 5.87. The van der Waals surface area contributed by atoms with Crippen LogP contribution in [-0.4, -0.2) is 37.5 Å². The molecule has 0 saturated heterocycles. The molecule has 104 valence electrons. The third kappa shape index (κ3) is 6.47. The second-order valence-corrected chi connectivity index (χ2v) is 3.69. The molecule has 0 atom stereocenters. The number of ether oxygens (including phenoxy) is 3. The second kappa shape index (κ2) is 8.99. The molecular weight excluding hydrogens is 248 g/mol. The summed E-state index contributed by atoms with van der Waals surface area (Å²) in [6.45, 7) is 2.10. The first kappa shape index (κ1) is 15.0. The smallest absolute Gasteiger partial charge is 0.336 e. The number of para-hydroxylation sites is 1. The normalized spacial score (nSPS) is 10.9. The van der Waals surface area contributed by atoms with Crippen LogP contribution in [0.1, 0.15) is 6.92 Å². The lowest BCUT2D eigenvalue weighted by atomic mass is 10.3. The fourth-order valence-electron chi connectivity index (χ4n) is 1.21. The summed E-state index contributed by atoms with van der Waals surface area (Å²) in [6.07, 6.45) is 1.27. The van der Waals surface area contributed by atoms with E-state index in [1.54, 1.807) is 6.92 Å². The third-order valence-corrected chi connectivity index (χ3v) is 2.12. The Kier molecular flexibility index (Phi) is 7.12. The zero-order valence-corrected chi connectivity index (χ0v) is 10.9. The largest absolute Gasteiger partial charge is 0.498 e. The molecule has 0 amide bonds. The number of rotatable bonds is 8. The molecule has 0 aromatic heterocycles. The molecule has 1 rings (SSSR count). The van der Waals surface area contributed by atoms with Crippen LogP contribution in [0.4, 0.5) is 0 Å². The maximum atomic E-state index is 11.5. The standard InChI is InChI=1S/C14H18O5/c1-12(11-17-8-7-15)14(16)19-10-9-18-13-5-3-2-4-6-13/h2-6,11,15H,7-10H2,1H3. The lowest BCUT2D eigenvalue weighted by Gasteiger charge is -2.07. The highest BCUT2D eigenvalue weighted by Crippen LogP contribution is 2.07. The van der Waals surface area contributed by atoms with Crippen molar-refractivity contribution >= 4 is 5.97 Å². The molecule has 1 aromatic carbocycles. The number of hydrogen-bond donors (Lipinski definition) is 1. The van der Waals surface area contributed by atoms with Gasteiger partial charge < -0.3 is 19.3 Å². The van der Waals surface area contributed by atoms with E-state index in [0.717, 1.165) is 5.75 Å². The molecule has 0 unspecified atom stereocenters. The number of aliphatic hydroxyl groups excluding tert-OH is 1. The van der Waals surface area contributed by atoms with E-state index in [4.69, 9.17) is 19.3 Å². The van der Waals surface area contributed by atoms with Gasteiger partial charge in [0.15, 0.2) is 0 Å². The van der Waals surface area contributed by atoms with Crippen LogP contribution in [-0.2, 0) is 14.3 Å². The molecule has 19 heavy (non-hydrogen) atoms. The Bertz CT molecular complexity index is 400. The number of carbonyl (C=O) groups excluding carboxylic acids is 1. The average Bonchev–Trinajstić information content (AvgIpc) is 2.44. The predicted molar refractivity (Wildman–Crippen MR) is 69.7 cm³/mol. The van der Waals surface area contributed by atoms with Crippen molar-refractivity contribution in [3.05, 3.63) is 42.2 Å². The number of esters is 1.